The number of aliphatic hydroxyl groups is 1. The Labute approximate surface area is 222 Å². The zero-order chi connectivity index (χ0) is 25.0. The Hall–Kier alpha value is -2.66. The Balaban J connectivity index is 1.09. The summed E-state index contributed by atoms with van der Waals surface area (Å²) < 4.78 is 0. The van der Waals surface area contributed by atoms with Gasteiger partial charge in [-0.25, -0.2) is 0 Å². The van der Waals surface area contributed by atoms with E-state index in [-0.39, 0.29) is 6.10 Å². The van der Waals surface area contributed by atoms with E-state index in [1.54, 1.807) is 0 Å². The minimum atomic E-state index is -0.349. The van der Waals surface area contributed by atoms with E-state index < -0.39 is 0 Å². The van der Waals surface area contributed by atoms with Crippen LogP contribution in [0.4, 0.5) is 5.69 Å². The lowest BCUT2D eigenvalue weighted by Crippen LogP contribution is -2.49. The highest BCUT2D eigenvalue weighted by molar-refractivity contribution is 5.52. The van der Waals surface area contributed by atoms with Gasteiger partial charge in [0.2, 0.25) is 0 Å². The molecule has 1 aliphatic carbocycles. The monoisotopic (exact) mass is 495 g/mol. The Kier molecular flexibility index (Phi) is 7.59. The van der Waals surface area contributed by atoms with Crippen molar-refractivity contribution in [3.63, 3.8) is 0 Å². The second-order valence-corrected chi connectivity index (χ2v) is 11.2. The van der Waals surface area contributed by atoms with Gasteiger partial charge in [-0.1, -0.05) is 66.7 Å². The van der Waals surface area contributed by atoms with Gasteiger partial charge in [-0.2, -0.15) is 0 Å². The van der Waals surface area contributed by atoms with Gasteiger partial charge in [0.15, 0.2) is 0 Å². The minimum Gasteiger partial charge on any atom is -0.388 e. The molecule has 37 heavy (non-hydrogen) atoms. The fourth-order valence-corrected chi connectivity index (χ4v) is 6.81. The van der Waals surface area contributed by atoms with Crippen LogP contribution in [0.5, 0.6) is 0 Å². The van der Waals surface area contributed by atoms with Crippen LogP contribution in [0.15, 0.2) is 78.9 Å². The molecule has 0 spiro atoms. The molecule has 194 valence electrons. The standard InChI is InChI=1S/C33H41N3O/c37-33-29(15-14-28-24-30(16-17-31(28)33)35-18-8-3-9-19-35)25-34-20-22-36(23-21-34)32(26-10-4-1-5-11-26)27-12-6-2-7-13-27/h1-2,4-7,10-13,16-17,24,29,32-33,37H,3,8-9,14-15,18-23,25H2. The summed E-state index contributed by atoms with van der Waals surface area (Å²) in [6.07, 6.45) is 5.77. The summed E-state index contributed by atoms with van der Waals surface area (Å²) >= 11 is 0. The number of piperazine rings is 1. The molecule has 0 saturated carbocycles. The lowest BCUT2D eigenvalue weighted by Gasteiger charge is -2.42. The van der Waals surface area contributed by atoms with Gasteiger partial charge in [-0.05, 0) is 66.5 Å². The number of aliphatic hydroxyl groups excluding tert-OH is 1. The zero-order valence-electron chi connectivity index (χ0n) is 22.0. The fourth-order valence-electron chi connectivity index (χ4n) is 6.81. The third-order valence-electron chi connectivity index (χ3n) is 8.89. The average molecular weight is 496 g/mol. The third kappa shape index (κ3) is 5.47. The summed E-state index contributed by atoms with van der Waals surface area (Å²) in [5, 5.41) is 11.3. The van der Waals surface area contributed by atoms with Crippen LogP contribution in [0.3, 0.4) is 0 Å². The van der Waals surface area contributed by atoms with Crippen molar-refractivity contribution in [2.75, 3.05) is 50.7 Å². The lowest BCUT2D eigenvalue weighted by atomic mass is 9.80. The number of hydrogen-bond acceptors (Lipinski definition) is 4. The number of benzene rings is 3. The van der Waals surface area contributed by atoms with Crippen LogP contribution in [0.25, 0.3) is 0 Å². The van der Waals surface area contributed by atoms with Gasteiger partial charge in [0.1, 0.15) is 0 Å². The summed E-state index contributed by atoms with van der Waals surface area (Å²) in [6, 6.07) is 29.0. The van der Waals surface area contributed by atoms with Gasteiger partial charge in [-0.15, -0.1) is 0 Å². The molecular formula is C33H41N3O. The first-order valence-corrected chi connectivity index (χ1v) is 14.4. The maximum atomic E-state index is 11.3. The number of rotatable bonds is 6. The first-order valence-electron chi connectivity index (χ1n) is 14.4. The third-order valence-corrected chi connectivity index (χ3v) is 8.89. The molecule has 0 aromatic heterocycles. The lowest BCUT2D eigenvalue weighted by molar-refractivity contribution is 0.0421. The van der Waals surface area contributed by atoms with E-state index in [2.05, 4.69) is 93.6 Å². The Bertz CT molecular complexity index is 1100. The van der Waals surface area contributed by atoms with Gasteiger partial charge in [0.05, 0.1) is 12.1 Å². The normalized spacial score (nSPS) is 23.2. The summed E-state index contributed by atoms with van der Waals surface area (Å²) in [5.41, 5.74) is 6.62. The molecule has 4 nitrogen and oxygen atoms in total. The first kappa shape index (κ1) is 24.7. The quantitative estimate of drug-likeness (QED) is 0.477. The number of nitrogens with zero attached hydrogens (tertiary/aromatic N) is 3. The Morgan fingerprint density at radius 3 is 2.03 bits per heavy atom. The molecular weight excluding hydrogens is 454 g/mol. The van der Waals surface area contributed by atoms with Crippen LogP contribution in [0.1, 0.15) is 60.1 Å². The molecule has 0 radical (unpaired) electrons. The van der Waals surface area contributed by atoms with Crippen molar-refractivity contribution < 1.29 is 5.11 Å². The van der Waals surface area contributed by atoms with Crippen molar-refractivity contribution in [2.24, 2.45) is 5.92 Å². The second-order valence-electron chi connectivity index (χ2n) is 11.2. The molecule has 0 amide bonds. The van der Waals surface area contributed by atoms with Gasteiger partial charge >= 0.3 is 0 Å². The molecule has 2 saturated heterocycles. The average Bonchev–Trinajstić information content (AvgIpc) is 2.97. The Morgan fingerprint density at radius 2 is 1.38 bits per heavy atom. The molecule has 2 fully saturated rings. The molecule has 2 aliphatic heterocycles. The summed E-state index contributed by atoms with van der Waals surface area (Å²) in [4.78, 5) is 7.75. The van der Waals surface area contributed by atoms with Crippen molar-refractivity contribution in [1.29, 1.82) is 0 Å². The van der Waals surface area contributed by atoms with Crippen molar-refractivity contribution in [1.82, 2.24) is 9.80 Å². The van der Waals surface area contributed by atoms with Crippen LogP contribution < -0.4 is 4.90 Å². The van der Waals surface area contributed by atoms with E-state index >= 15 is 0 Å². The Morgan fingerprint density at radius 1 is 0.730 bits per heavy atom. The van der Waals surface area contributed by atoms with Crippen LogP contribution >= 0.6 is 0 Å². The maximum absolute atomic E-state index is 11.3. The van der Waals surface area contributed by atoms with Crippen LogP contribution in [-0.2, 0) is 6.42 Å². The predicted octanol–water partition coefficient (Wildman–Crippen LogP) is 5.68. The van der Waals surface area contributed by atoms with Crippen LogP contribution in [-0.4, -0.2) is 60.7 Å². The van der Waals surface area contributed by atoms with Crippen LogP contribution in [0.2, 0.25) is 0 Å². The molecule has 3 aromatic carbocycles. The molecule has 6 rings (SSSR count). The van der Waals surface area contributed by atoms with E-state index in [0.29, 0.717) is 12.0 Å². The summed E-state index contributed by atoms with van der Waals surface area (Å²) in [6.45, 7) is 7.54. The minimum absolute atomic E-state index is 0.297. The topological polar surface area (TPSA) is 30.0 Å². The van der Waals surface area contributed by atoms with Gasteiger partial charge in [0, 0.05) is 57.4 Å². The highest BCUT2D eigenvalue weighted by Crippen LogP contribution is 2.38. The second kappa shape index (κ2) is 11.4. The SMILES string of the molecule is OC1c2ccc(N3CCCCC3)cc2CCC1CN1CCN(C(c2ccccc2)c2ccccc2)CC1. The fraction of sp³-hybridized carbons (Fsp3) is 0.455. The first-order chi connectivity index (χ1) is 18.3. The van der Waals surface area contributed by atoms with E-state index in [4.69, 9.17) is 0 Å². The number of fused-ring (bicyclic) bond motifs is 1. The van der Waals surface area contributed by atoms with E-state index in [0.717, 1.165) is 45.6 Å². The molecule has 2 atom stereocenters. The van der Waals surface area contributed by atoms with E-state index in [1.165, 1.54) is 60.3 Å². The van der Waals surface area contributed by atoms with Crippen LogP contribution in [0, 0.1) is 5.92 Å². The number of aryl methyl sites for hydroxylation is 1. The highest BCUT2D eigenvalue weighted by Gasteiger charge is 2.32. The molecule has 1 N–H and O–H groups in total. The molecule has 2 unspecified atom stereocenters. The highest BCUT2D eigenvalue weighted by atomic mass is 16.3. The van der Waals surface area contributed by atoms with Crippen molar-refractivity contribution in [2.45, 2.75) is 44.2 Å². The molecule has 4 heteroatoms. The van der Waals surface area contributed by atoms with Gasteiger partial charge in [0.25, 0.3) is 0 Å². The van der Waals surface area contributed by atoms with Crippen molar-refractivity contribution in [3.05, 3.63) is 101 Å². The molecule has 2 heterocycles. The van der Waals surface area contributed by atoms with E-state index in [1.807, 2.05) is 0 Å². The summed E-state index contributed by atoms with van der Waals surface area (Å²) in [7, 11) is 0. The number of anilines is 1. The van der Waals surface area contributed by atoms with Gasteiger partial charge in [-0.3, -0.25) is 4.90 Å². The molecule has 3 aromatic rings. The van der Waals surface area contributed by atoms with Crippen molar-refractivity contribution in [3.8, 4) is 0 Å². The summed E-state index contributed by atoms with van der Waals surface area (Å²) in [5.74, 6) is 0.318. The van der Waals surface area contributed by atoms with Crippen molar-refractivity contribution >= 4 is 5.69 Å². The maximum Gasteiger partial charge on any atom is 0.0833 e. The largest absolute Gasteiger partial charge is 0.388 e. The van der Waals surface area contributed by atoms with Gasteiger partial charge < -0.3 is 14.9 Å². The predicted molar refractivity (Wildman–Crippen MR) is 152 cm³/mol. The number of piperidine rings is 1. The zero-order valence-corrected chi connectivity index (χ0v) is 22.0. The number of hydrogen-bond donors (Lipinski definition) is 1. The van der Waals surface area contributed by atoms with E-state index in [9.17, 15) is 5.11 Å². The smallest absolute Gasteiger partial charge is 0.0833 e. The molecule has 0 bridgehead atoms. The molecule has 3 aliphatic rings.